The smallest absolute Gasteiger partial charge is 0.265 e. The van der Waals surface area contributed by atoms with Crippen LogP contribution in [0.2, 0.25) is 0 Å². The predicted molar refractivity (Wildman–Crippen MR) is 108 cm³/mol. The summed E-state index contributed by atoms with van der Waals surface area (Å²) in [6.45, 7) is 0.989. The molecule has 128 valence electrons. The lowest BCUT2D eigenvalue weighted by Gasteiger charge is -2.08. The summed E-state index contributed by atoms with van der Waals surface area (Å²) < 4.78 is 3.29. The molecule has 0 fully saturated rings. The van der Waals surface area contributed by atoms with Gasteiger partial charge in [-0.25, -0.2) is 4.98 Å². The van der Waals surface area contributed by atoms with Crippen LogP contribution in [-0.4, -0.2) is 21.2 Å². The van der Waals surface area contributed by atoms with Crippen molar-refractivity contribution >= 4 is 44.8 Å². The Balaban J connectivity index is 1.47. The molecule has 4 nitrogen and oxygen atoms in total. The van der Waals surface area contributed by atoms with E-state index in [1.165, 1.54) is 11.3 Å². The molecule has 0 saturated heterocycles. The monoisotopic (exact) mass is 377 g/mol. The first-order valence-electron chi connectivity index (χ1n) is 8.37. The summed E-state index contributed by atoms with van der Waals surface area (Å²) in [5.41, 5.74) is 2.64. The van der Waals surface area contributed by atoms with Crippen LogP contribution in [0.3, 0.4) is 0 Å². The van der Waals surface area contributed by atoms with E-state index >= 15 is 0 Å². The Kier molecular flexibility index (Phi) is 3.80. The lowest BCUT2D eigenvalue weighted by Crippen LogP contribution is -2.10. The van der Waals surface area contributed by atoms with Gasteiger partial charge < -0.3 is 9.88 Å². The van der Waals surface area contributed by atoms with Gasteiger partial charge in [-0.2, -0.15) is 0 Å². The van der Waals surface area contributed by atoms with E-state index in [9.17, 15) is 4.79 Å². The average molecular weight is 377 g/mol. The molecular weight excluding hydrogens is 362 g/mol. The molecule has 3 heterocycles. The first kappa shape index (κ1) is 15.7. The number of aryl methyl sites for hydroxylation is 1. The van der Waals surface area contributed by atoms with Crippen LogP contribution in [0.15, 0.2) is 66.0 Å². The molecule has 0 aliphatic carbocycles. The fraction of sp³-hybridized carbons (Fsp3) is 0.100. The van der Waals surface area contributed by atoms with E-state index in [1.54, 1.807) is 11.8 Å². The topological polar surface area (TPSA) is 46.9 Å². The van der Waals surface area contributed by atoms with Crippen molar-refractivity contribution in [2.45, 2.75) is 11.7 Å². The molecule has 1 N–H and O–H groups in total. The zero-order chi connectivity index (χ0) is 17.5. The van der Waals surface area contributed by atoms with Crippen LogP contribution in [0.4, 0.5) is 5.69 Å². The van der Waals surface area contributed by atoms with Crippen molar-refractivity contribution < 1.29 is 4.79 Å². The number of nitrogens with zero attached hydrogens (tertiary/aromatic N) is 2. The van der Waals surface area contributed by atoms with Crippen LogP contribution < -0.4 is 5.32 Å². The fourth-order valence-corrected chi connectivity index (χ4v) is 5.03. The van der Waals surface area contributed by atoms with Gasteiger partial charge in [-0.3, -0.25) is 4.79 Å². The Hall–Kier alpha value is -2.57. The number of carbonyl (C=O) groups excluding carboxylic acids is 1. The minimum absolute atomic E-state index is 0.0835. The molecule has 1 aliphatic heterocycles. The highest BCUT2D eigenvalue weighted by atomic mass is 32.2. The Morgan fingerprint density at radius 2 is 1.96 bits per heavy atom. The molecule has 0 spiro atoms. The standard InChI is InChI=1S/C20H15N3OS2/c24-19(18-11-13-5-1-4-8-17(13)26-18)21-15-7-3-2-6-14(15)16-12-23-9-10-25-20(23)22-16/h1-8,11-12H,9-10H2,(H,21,24). The van der Waals surface area contributed by atoms with E-state index < -0.39 is 0 Å². The lowest BCUT2D eigenvalue weighted by molar-refractivity contribution is 0.103. The number of amides is 1. The van der Waals surface area contributed by atoms with E-state index in [0.29, 0.717) is 4.88 Å². The summed E-state index contributed by atoms with van der Waals surface area (Å²) >= 11 is 3.28. The van der Waals surface area contributed by atoms with Gasteiger partial charge in [-0.05, 0) is 23.6 Å². The highest BCUT2D eigenvalue weighted by Crippen LogP contribution is 2.33. The number of nitrogens with one attached hydrogen (secondary N) is 1. The maximum atomic E-state index is 12.8. The molecule has 0 saturated carbocycles. The normalized spacial score (nSPS) is 13.1. The number of aromatic nitrogens is 2. The van der Waals surface area contributed by atoms with Gasteiger partial charge in [0.2, 0.25) is 0 Å². The third-order valence-corrected chi connectivity index (χ3v) is 6.49. The molecule has 2 aromatic heterocycles. The highest BCUT2D eigenvalue weighted by Gasteiger charge is 2.18. The third kappa shape index (κ3) is 2.71. The summed E-state index contributed by atoms with van der Waals surface area (Å²) in [4.78, 5) is 18.2. The molecule has 6 heteroatoms. The first-order chi connectivity index (χ1) is 12.8. The number of rotatable bonds is 3. The van der Waals surface area contributed by atoms with Crippen molar-refractivity contribution in [3.63, 3.8) is 0 Å². The SMILES string of the molecule is O=C(Nc1ccccc1-c1cn2c(n1)SCC2)c1cc2ccccc2s1. The molecule has 1 amide bonds. The largest absolute Gasteiger partial charge is 0.325 e. The number of imidazole rings is 1. The number of anilines is 1. The number of thiophene rings is 1. The van der Waals surface area contributed by atoms with Crippen molar-refractivity contribution in [2.24, 2.45) is 0 Å². The maximum Gasteiger partial charge on any atom is 0.265 e. The van der Waals surface area contributed by atoms with Crippen LogP contribution in [0.1, 0.15) is 9.67 Å². The molecular formula is C20H15N3OS2. The van der Waals surface area contributed by atoms with Crippen LogP contribution in [0.25, 0.3) is 21.3 Å². The number of benzene rings is 2. The lowest BCUT2D eigenvalue weighted by atomic mass is 10.1. The van der Waals surface area contributed by atoms with Gasteiger partial charge in [0, 0.05) is 28.8 Å². The molecule has 0 bridgehead atoms. The van der Waals surface area contributed by atoms with Gasteiger partial charge in [0.05, 0.1) is 16.3 Å². The molecule has 0 atom stereocenters. The van der Waals surface area contributed by atoms with Gasteiger partial charge in [0.15, 0.2) is 5.16 Å². The van der Waals surface area contributed by atoms with Crippen molar-refractivity contribution in [1.82, 2.24) is 9.55 Å². The number of fused-ring (bicyclic) bond motifs is 2. The van der Waals surface area contributed by atoms with Crippen LogP contribution in [0.5, 0.6) is 0 Å². The van der Waals surface area contributed by atoms with E-state index in [2.05, 4.69) is 16.1 Å². The second-order valence-electron chi connectivity index (χ2n) is 6.10. The molecule has 1 aliphatic rings. The van der Waals surface area contributed by atoms with Gasteiger partial charge in [-0.1, -0.05) is 48.2 Å². The third-order valence-electron chi connectivity index (χ3n) is 4.40. The number of hydrogen-bond donors (Lipinski definition) is 1. The van der Waals surface area contributed by atoms with Gasteiger partial charge in [0.1, 0.15) is 0 Å². The van der Waals surface area contributed by atoms with Crippen molar-refractivity contribution in [2.75, 3.05) is 11.1 Å². The number of hydrogen-bond acceptors (Lipinski definition) is 4. The van der Waals surface area contributed by atoms with Crippen molar-refractivity contribution in [3.05, 3.63) is 65.7 Å². The van der Waals surface area contributed by atoms with E-state index in [-0.39, 0.29) is 5.91 Å². The van der Waals surface area contributed by atoms with Crippen LogP contribution >= 0.6 is 23.1 Å². The number of thioether (sulfide) groups is 1. The minimum atomic E-state index is -0.0835. The summed E-state index contributed by atoms with van der Waals surface area (Å²) in [6, 6.07) is 17.8. The Morgan fingerprint density at radius 3 is 2.85 bits per heavy atom. The zero-order valence-corrected chi connectivity index (χ0v) is 15.4. The van der Waals surface area contributed by atoms with Crippen LogP contribution in [0, 0.1) is 0 Å². The van der Waals surface area contributed by atoms with E-state index in [1.807, 2.05) is 54.6 Å². The quantitative estimate of drug-likeness (QED) is 0.539. The summed E-state index contributed by atoms with van der Waals surface area (Å²) in [5, 5.41) is 5.21. The predicted octanol–water partition coefficient (Wildman–Crippen LogP) is 5.12. The number of para-hydroxylation sites is 1. The Bertz CT molecular complexity index is 1070. The Morgan fingerprint density at radius 1 is 1.12 bits per heavy atom. The van der Waals surface area contributed by atoms with Crippen LogP contribution in [-0.2, 0) is 6.54 Å². The summed E-state index contributed by atoms with van der Waals surface area (Å²) in [5.74, 6) is 0.993. The first-order valence-corrected chi connectivity index (χ1v) is 10.2. The van der Waals surface area contributed by atoms with Gasteiger partial charge in [-0.15, -0.1) is 11.3 Å². The second kappa shape index (κ2) is 6.30. The fourth-order valence-electron chi connectivity index (χ4n) is 3.13. The molecule has 0 radical (unpaired) electrons. The molecule has 26 heavy (non-hydrogen) atoms. The average Bonchev–Trinajstić information content (AvgIpc) is 3.36. The second-order valence-corrected chi connectivity index (χ2v) is 8.24. The van der Waals surface area contributed by atoms with Crippen molar-refractivity contribution in [1.29, 1.82) is 0 Å². The van der Waals surface area contributed by atoms with Gasteiger partial charge >= 0.3 is 0 Å². The van der Waals surface area contributed by atoms with Gasteiger partial charge in [0.25, 0.3) is 5.91 Å². The maximum absolute atomic E-state index is 12.8. The van der Waals surface area contributed by atoms with Crippen molar-refractivity contribution in [3.8, 4) is 11.3 Å². The highest BCUT2D eigenvalue weighted by molar-refractivity contribution is 7.99. The number of carbonyl (C=O) groups is 1. The van der Waals surface area contributed by atoms with E-state index in [0.717, 1.165) is 44.5 Å². The molecule has 4 aromatic rings. The summed E-state index contributed by atoms with van der Waals surface area (Å²) in [7, 11) is 0. The zero-order valence-electron chi connectivity index (χ0n) is 13.8. The molecule has 5 rings (SSSR count). The minimum Gasteiger partial charge on any atom is -0.325 e. The molecule has 2 aromatic carbocycles. The molecule has 0 unspecified atom stereocenters. The summed E-state index contributed by atoms with van der Waals surface area (Å²) in [6.07, 6.45) is 2.07. The van der Waals surface area contributed by atoms with E-state index in [4.69, 9.17) is 4.98 Å². The Labute approximate surface area is 158 Å².